The van der Waals surface area contributed by atoms with Crippen molar-refractivity contribution in [2.24, 2.45) is 0 Å². The van der Waals surface area contributed by atoms with Crippen molar-refractivity contribution < 1.29 is 63.9 Å². The van der Waals surface area contributed by atoms with Gasteiger partial charge in [-0.2, -0.15) is 0 Å². The maximum Gasteiger partial charge on any atom is 0.306 e. The highest BCUT2D eigenvalue weighted by Crippen LogP contribution is 2.30. The number of hydrogen-bond acceptors (Lipinski definition) is 13. The summed E-state index contributed by atoms with van der Waals surface area (Å²) in [6.45, 7) is 3.62. The van der Waals surface area contributed by atoms with Gasteiger partial charge in [0.2, 0.25) is 0 Å². The SMILES string of the molecule is CC(=O)OCC1O[C@@H](OC2[C@H](C)OC(CO)[C@@H](O)[C@@H]2O)C(O)[C@@H](O)[C@@H]1OC(=O)CCCCCCC/C=C/CCCCCCC(C)O. The van der Waals surface area contributed by atoms with Crippen molar-refractivity contribution >= 4 is 11.9 Å². The maximum atomic E-state index is 12.6. The molecule has 2 rings (SSSR count). The molecule has 46 heavy (non-hydrogen) atoms. The molecule has 0 amide bonds. The molecule has 13 heteroatoms. The van der Waals surface area contributed by atoms with Gasteiger partial charge in [0.05, 0.1) is 18.8 Å². The lowest BCUT2D eigenvalue weighted by atomic mass is 9.95. The van der Waals surface area contributed by atoms with Crippen molar-refractivity contribution in [2.75, 3.05) is 13.2 Å². The second kappa shape index (κ2) is 22.0. The molecule has 268 valence electrons. The number of ether oxygens (including phenoxy) is 5. The van der Waals surface area contributed by atoms with Crippen LogP contribution < -0.4 is 0 Å². The van der Waals surface area contributed by atoms with Gasteiger partial charge < -0.3 is 54.3 Å². The fourth-order valence-corrected chi connectivity index (χ4v) is 5.68. The van der Waals surface area contributed by atoms with Gasteiger partial charge in [0.25, 0.3) is 0 Å². The first-order valence-corrected chi connectivity index (χ1v) is 16.9. The Morgan fingerprint density at radius 2 is 1.37 bits per heavy atom. The molecule has 0 spiro atoms. The molecule has 0 aromatic carbocycles. The lowest BCUT2D eigenvalue weighted by molar-refractivity contribution is -0.341. The van der Waals surface area contributed by atoms with Gasteiger partial charge in [-0.3, -0.25) is 9.59 Å². The largest absolute Gasteiger partial charge is 0.463 e. The summed E-state index contributed by atoms with van der Waals surface area (Å²) in [5, 5.41) is 61.1. The Morgan fingerprint density at radius 3 is 1.98 bits per heavy atom. The highest BCUT2D eigenvalue weighted by molar-refractivity contribution is 5.69. The summed E-state index contributed by atoms with van der Waals surface area (Å²) in [4.78, 5) is 24.1. The van der Waals surface area contributed by atoms with Gasteiger partial charge in [-0.1, -0.05) is 50.7 Å². The molecule has 2 saturated heterocycles. The number of hydrogen-bond donors (Lipinski definition) is 6. The van der Waals surface area contributed by atoms with E-state index in [1.165, 1.54) is 19.8 Å². The van der Waals surface area contributed by atoms with Crippen LogP contribution in [0.5, 0.6) is 0 Å². The normalized spacial score (nSPS) is 32.4. The van der Waals surface area contributed by atoms with Gasteiger partial charge in [-0.05, 0) is 52.4 Å². The number of esters is 2. The van der Waals surface area contributed by atoms with Gasteiger partial charge in [0.1, 0.15) is 49.3 Å². The minimum absolute atomic E-state index is 0.101. The molecule has 6 N–H and O–H groups in total. The molecule has 0 aromatic heterocycles. The molecular weight excluding hydrogens is 604 g/mol. The summed E-state index contributed by atoms with van der Waals surface area (Å²) in [6.07, 6.45) is 2.94. The summed E-state index contributed by atoms with van der Waals surface area (Å²) in [5.41, 5.74) is 0. The molecule has 0 saturated carbocycles. The third-order valence-corrected chi connectivity index (χ3v) is 8.41. The highest BCUT2D eigenvalue weighted by Gasteiger charge is 2.51. The molecule has 0 aromatic rings. The third-order valence-electron chi connectivity index (χ3n) is 8.41. The molecule has 11 atom stereocenters. The van der Waals surface area contributed by atoms with E-state index in [1.807, 2.05) is 6.92 Å². The van der Waals surface area contributed by atoms with E-state index < -0.39 is 86.4 Å². The standard InChI is InChI=1S/C33H58O13/c1-21(35)17-15-13-11-9-7-5-4-6-8-10-12-14-16-18-26(37)45-32-25(20-42-23(3)36)44-33(30(41)29(32)40)46-31-22(2)43-24(19-34)27(38)28(31)39/h4-5,21-22,24-25,27-35,38-41H,6-20H2,1-3H3/b5-4+/t21?,22-,24?,25?,27+,28-,29+,30?,31?,32+,33-/m0/s1. The maximum absolute atomic E-state index is 12.6. The third kappa shape index (κ3) is 14.2. The van der Waals surface area contributed by atoms with Crippen LogP contribution >= 0.6 is 0 Å². The molecule has 2 aliphatic heterocycles. The smallest absolute Gasteiger partial charge is 0.306 e. The van der Waals surface area contributed by atoms with E-state index in [-0.39, 0.29) is 12.5 Å². The van der Waals surface area contributed by atoms with Crippen molar-refractivity contribution in [1.29, 1.82) is 0 Å². The number of allylic oxidation sites excluding steroid dienone is 2. The highest BCUT2D eigenvalue weighted by atomic mass is 16.7. The van der Waals surface area contributed by atoms with Crippen LogP contribution in [0.25, 0.3) is 0 Å². The predicted molar refractivity (Wildman–Crippen MR) is 166 cm³/mol. The summed E-state index contributed by atoms with van der Waals surface area (Å²) in [5.74, 6) is -1.23. The van der Waals surface area contributed by atoms with Crippen LogP contribution in [0, 0.1) is 0 Å². The second-order valence-electron chi connectivity index (χ2n) is 12.5. The Bertz CT molecular complexity index is 884. The molecule has 0 aliphatic carbocycles. The molecule has 13 nitrogen and oxygen atoms in total. The van der Waals surface area contributed by atoms with Crippen molar-refractivity contribution in [3.63, 3.8) is 0 Å². The molecule has 0 bridgehead atoms. The van der Waals surface area contributed by atoms with Gasteiger partial charge in [-0.15, -0.1) is 0 Å². The number of rotatable bonds is 21. The van der Waals surface area contributed by atoms with Gasteiger partial charge in [0.15, 0.2) is 12.4 Å². The van der Waals surface area contributed by atoms with E-state index in [2.05, 4.69) is 12.2 Å². The van der Waals surface area contributed by atoms with Crippen LogP contribution in [0.4, 0.5) is 0 Å². The molecule has 2 fully saturated rings. The number of carbonyl (C=O) groups is 2. The minimum Gasteiger partial charge on any atom is -0.463 e. The molecule has 2 aliphatic rings. The van der Waals surface area contributed by atoms with Crippen LogP contribution in [0.2, 0.25) is 0 Å². The number of unbranched alkanes of at least 4 members (excludes halogenated alkanes) is 9. The average molecular weight is 663 g/mol. The fourth-order valence-electron chi connectivity index (χ4n) is 5.68. The van der Waals surface area contributed by atoms with Crippen LogP contribution in [0.15, 0.2) is 12.2 Å². The zero-order valence-electron chi connectivity index (χ0n) is 27.7. The summed E-state index contributed by atoms with van der Waals surface area (Å²) >= 11 is 0. The summed E-state index contributed by atoms with van der Waals surface area (Å²) in [6, 6.07) is 0. The Labute approximate surface area is 272 Å². The first kappa shape index (κ1) is 40.5. The van der Waals surface area contributed by atoms with Crippen LogP contribution in [0.3, 0.4) is 0 Å². The monoisotopic (exact) mass is 662 g/mol. The summed E-state index contributed by atoms with van der Waals surface area (Å²) < 4.78 is 27.5. The van der Waals surface area contributed by atoms with Gasteiger partial charge in [0, 0.05) is 13.3 Å². The van der Waals surface area contributed by atoms with E-state index in [9.17, 15) is 40.2 Å². The van der Waals surface area contributed by atoms with Crippen molar-refractivity contribution in [3.8, 4) is 0 Å². The van der Waals surface area contributed by atoms with Gasteiger partial charge >= 0.3 is 11.9 Å². The van der Waals surface area contributed by atoms with Crippen LogP contribution in [-0.4, -0.2) is 123 Å². The van der Waals surface area contributed by atoms with Crippen LogP contribution in [-0.2, 0) is 33.3 Å². The van der Waals surface area contributed by atoms with E-state index in [0.717, 1.165) is 57.8 Å². The Kier molecular flexibility index (Phi) is 19.4. The predicted octanol–water partition coefficient (Wildman–Crippen LogP) is 1.80. The van der Waals surface area contributed by atoms with Crippen LogP contribution in [0.1, 0.15) is 104 Å². The Balaban J connectivity index is 1.73. The van der Waals surface area contributed by atoms with Crippen molar-refractivity contribution in [3.05, 3.63) is 12.2 Å². The minimum atomic E-state index is -1.71. The van der Waals surface area contributed by atoms with E-state index in [4.69, 9.17) is 23.7 Å². The van der Waals surface area contributed by atoms with E-state index in [0.29, 0.717) is 6.42 Å². The quantitative estimate of drug-likeness (QED) is 0.0591. The molecule has 2 heterocycles. The summed E-state index contributed by atoms with van der Waals surface area (Å²) in [7, 11) is 0. The average Bonchev–Trinajstić information content (AvgIpc) is 3.01. The molecule has 0 radical (unpaired) electrons. The second-order valence-corrected chi connectivity index (χ2v) is 12.5. The zero-order chi connectivity index (χ0) is 34.1. The number of carbonyl (C=O) groups excluding carboxylic acids is 2. The van der Waals surface area contributed by atoms with Gasteiger partial charge in [-0.25, -0.2) is 0 Å². The lowest BCUT2D eigenvalue weighted by Crippen LogP contribution is -2.64. The Hall–Kier alpha value is -1.68. The topological polar surface area (TPSA) is 202 Å². The fraction of sp³-hybridized carbons (Fsp3) is 0.879. The first-order chi connectivity index (χ1) is 22.0. The lowest BCUT2D eigenvalue weighted by Gasteiger charge is -2.46. The van der Waals surface area contributed by atoms with Crippen molar-refractivity contribution in [2.45, 2.75) is 172 Å². The van der Waals surface area contributed by atoms with E-state index >= 15 is 0 Å². The van der Waals surface area contributed by atoms with Crippen molar-refractivity contribution in [1.82, 2.24) is 0 Å². The zero-order valence-corrected chi connectivity index (χ0v) is 27.7. The molecule has 5 unspecified atom stereocenters. The molecular formula is C33H58O13. The number of aliphatic hydroxyl groups is 6. The first-order valence-electron chi connectivity index (χ1n) is 16.9. The Morgan fingerprint density at radius 1 is 0.783 bits per heavy atom. The van der Waals surface area contributed by atoms with E-state index in [1.54, 1.807) is 6.92 Å². The number of aliphatic hydroxyl groups excluding tert-OH is 6.